The van der Waals surface area contributed by atoms with Crippen LogP contribution in [0.25, 0.3) is 6.08 Å². The first-order valence-corrected chi connectivity index (χ1v) is 8.93. The molecule has 2 aromatic carbocycles. The van der Waals surface area contributed by atoms with E-state index < -0.39 is 69.3 Å². The van der Waals surface area contributed by atoms with Crippen molar-refractivity contribution in [3.63, 3.8) is 0 Å². The summed E-state index contributed by atoms with van der Waals surface area (Å²) >= 11 is 0. The zero-order valence-corrected chi connectivity index (χ0v) is 17.2. The van der Waals surface area contributed by atoms with E-state index in [2.05, 4.69) is 16.1 Å². The molecule has 2 unspecified atom stereocenters. The first kappa shape index (κ1) is 26.5. The minimum Gasteiger partial charge on any atom is -0.467 e. The van der Waals surface area contributed by atoms with Crippen LogP contribution in [-0.2, 0) is 15.9 Å². The summed E-state index contributed by atoms with van der Waals surface area (Å²) in [6.45, 7) is 3.74. The van der Waals surface area contributed by atoms with Gasteiger partial charge in [-0.15, -0.1) is 0 Å². The van der Waals surface area contributed by atoms with E-state index in [1.165, 1.54) is 0 Å². The standard InChI is InChI=1S/C21H16F10O2/c1-5-12-13(22)15(24)17(16(25)14(12)23)33-19(3,21(29,30)31)11-8-6-7-10(9-11)18(2,32-4)20(26,27)28/h5-9H,1H2,2-4H3. The number of rotatable bonds is 6. The highest BCUT2D eigenvalue weighted by Crippen LogP contribution is 2.47. The number of methoxy groups -OCH3 is 1. The van der Waals surface area contributed by atoms with E-state index in [4.69, 9.17) is 0 Å². The van der Waals surface area contributed by atoms with Crippen molar-refractivity contribution in [2.45, 2.75) is 37.4 Å². The fraction of sp³-hybridized carbons (Fsp3) is 0.333. The monoisotopic (exact) mass is 490 g/mol. The lowest BCUT2D eigenvalue weighted by atomic mass is 9.88. The maximum absolute atomic E-state index is 14.3. The lowest BCUT2D eigenvalue weighted by Crippen LogP contribution is -2.46. The molecule has 33 heavy (non-hydrogen) atoms. The molecule has 0 amide bonds. The molecule has 2 atom stereocenters. The number of hydrogen-bond donors (Lipinski definition) is 0. The molecule has 0 saturated heterocycles. The summed E-state index contributed by atoms with van der Waals surface area (Å²) in [6.07, 6.45) is -10.2. The van der Waals surface area contributed by atoms with E-state index in [1.54, 1.807) is 0 Å². The molecule has 2 nitrogen and oxygen atoms in total. The first-order valence-electron chi connectivity index (χ1n) is 8.93. The Balaban J connectivity index is 2.77. The Kier molecular flexibility index (Phi) is 6.86. The third-order valence-corrected chi connectivity index (χ3v) is 5.22. The number of hydrogen-bond acceptors (Lipinski definition) is 2. The molecule has 0 aliphatic rings. The third kappa shape index (κ3) is 4.28. The molecule has 2 rings (SSSR count). The second kappa shape index (κ2) is 8.54. The molecule has 0 saturated carbocycles. The fourth-order valence-electron chi connectivity index (χ4n) is 2.89. The van der Waals surface area contributed by atoms with Gasteiger partial charge in [0.15, 0.2) is 23.0 Å². The van der Waals surface area contributed by atoms with Crippen molar-refractivity contribution < 1.29 is 53.4 Å². The largest absolute Gasteiger partial charge is 0.467 e. The van der Waals surface area contributed by atoms with Crippen LogP contribution in [0.1, 0.15) is 30.5 Å². The summed E-state index contributed by atoms with van der Waals surface area (Å²) in [6, 6.07) is 2.70. The van der Waals surface area contributed by atoms with Crippen LogP contribution in [0.2, 0.25) is 0 Å². The second-order valence-electron chi connectivity index (χ2n) is 7.15. The van der Waals surface area contributed by atoms with E-state index in [0.717, 1.165) is 12.1 Å². The molecule has 0 N–H and O–H groups in total. The Morgan fingerprint density at radius 3 is 1.55 bits per heavy atom. The van der Waals surface area contributed by atoms with E-state index in [0.29, 0.717) is 32.2 Å². The Morgan fingerprint density at radius 1 is 0.758 bits per heavy atom. The first-order chi connectivity index (χ1) is 15.0. The molecule has 0 radical (unpaired) electrons. The fourth-order valence-corrected chi connectivity index (χ4v) is 2.89. The van der Waals surface area contributed by atoms with Crippen LogP contribution < -0.4 is 4.74 Å². The Hall–Kier alpha value is -2.76. The van der Waals surface area contributed by atoms with Crippen LogP contribution >= 0.6 is 0 Å². The van der Waals surface area contributed by atoms with Crippen LogP contribution in [0.15, 0.2) is 30.8 Å². The summed E-state index contributed by atoms with van der Waals surface area (Å²) in [5, 5.41) is 0. The number of ether oxygens (including phenoxy) is 2. The lowest BCUT2D eigenvalue weighted by molar-refractivity contribution is -0.269. The van der Waals surface area contributed by atoms with Crippen molar-refractivity contribution in [1.29, 1.82) is 0 Å². The molecule has 182 valence electrons. The molecule has 0 aliphatic heterocycles. The second-order valence-corrected chi connectivity index (χ2v) is 7.15. The topological polar surface area (TPSA) is 18.5 Å². The molecule has 2 aromatic rings. The smallest absolute Gasteiger partial charge is 0.432 e. The van der Waals surface area contributed by atoms with Gasteiger partial charge in [0.25, 0.3) is 0 Å². The maximum atomic E-state index is 14.3. The SMILES string of the molecule is C=Cc1c(F)c(F)c(OC(C)(c2cccc(C(C)(OC)C(F)(F)F)c2)C(F)(F)F)c(F)c1F. The molecule has 0 bridgehead atoms. The maximum Gasteiger partial charge on any atom is 0.432 e. The normalized spacial score (nSPS) is 16.2. The lowest BCUT2D eigenvalue weighted by Gasteiger charge is -2.35. The van der Waals surface area contributed by atoms with Gasteiger partial charge in [0.2, 0.25) is 17.2 Å². The van der Waals surface area contributed by atoms with Crippen LogP contribution in [-0.4, -0.2) is 19.5 Å². The summed E-state index contributed by atoms with van der Waals surface area (Å²) in [4.78, 5) is 0. The predicted molar refractivity (Wildman–Crippen MR) is 97.3 cm³/mol. The molecule has 0 fully saturated rings. The summed E-state index contributed by atoms with van der Waals surface area (Å²) in [7, 11) is 0.678. The van der Waals surface area contributed by atoms with Gasteiger partial charge >= 0.3 is 12.4 Å². The Morgan fingerprint density at radius 2 is 1.18 bits per heavy atom. The van der Waals surface area contributed by atoms with Gasteiger partial charge in [0.05, 0.1) is 5.56 Å². The highest BCUT2D eigenvalue weighted by molar-refractivity contribution is 5.52. The van der Waals surface area contributed by atoms with Crippen molar-refractivity contribution in [1.82, 2.24) is 0 Å². The van der Waals surface area contributed by atoms with Gasteiger partial charge in [0, 0.05) is 12.7 Å². The molecule has 0 aliphatic carbocycles. The number of halogens is 10. The minimum absolute atomic E-state index is 0.236. The van der Waals surface area contributed by atoms with Gasteiger partial charge in [-0.2, -0.15) is 35.1 Å². The highest BCUT2D eigenvalue weighted by Gasteiger charge is 2.58. The number of alkyl halides is 6. The molecule has 0 aromatic heterocycles. The van der Waals surface area contributed by atoms with Crippen LogP contribution in [0, 0.1) is 23.3 Å². The van der Waals surface area contributed by atoms with Crippen LogP contribution in [0.4, 0.5) is 43.9 Å². The third-order valence-electron chi connectivity index (χ3n) is 5.22. The summed E-state index contributed by atoms with van der Waals surface area (Å²) in [5.74, 6) is -10.8. The number of benzene rings is 2. The molecular weight excluding hydrogens is 474 g/mol. The Bertz CT molecular complexity index is 1030. The van der Waals surface area contributed by atoms with E-state index >= 15 is 0 Å². The van der Waals surface area contributed by atoms with E-state index in [9.17, 15) is 43.9 Å². The zero-order chi connectivity index (χ0) is 25.6. The van der Waals surface area contributed by atoms with Crippen molar-refractivity contribution in [3.05, 3.63) is 70.8 Å². The van der Waals surface area contributed by atoms with Crippen molar-refractivity contribution in [2.24, 2.45) is 0 Å². The van der Waals surface area contributed by atoms with Gasteiger partial charge in [-0.1, -0.05) is 30.9 Å². The van der Waals surface area contributed by atoms with Crippen molar-refractivity contribution in [2.75, 3.05) is 7.11 Å². The quantitative estimate of drug-likeness (QED) is 0.316. The molecule has 0 spiro atoms. The van der Waals surface area contributed by atoms with Crippen molar-refractivity contribution in [3.8, 4) is 5.75 Å². The van der Waals surface area contributed by atoms with Gasteiger partial charge < -0.3 is 9.47 Å². The summed E-state index contributed by atoms with van der Waals surface area (Å²) in [5.41, 5.74) is -9.93. The van der Waals surface area contributed by atoms with E-state index in [-0.39, 0.29) is 6.92 Å². The van der Waals surface area contributed by atoms with Crippen molar-refractivity contribution >= 4 is 6.08 Å². The van der Waals surface area contributed by atoms with E-state index in [1.807, 2.05) is 0 Å². The molecular formula is C21H16F10O2. The molecule has 12 heteroatoms. The van der Waals surface area contributed by atoms with Gasteiger partial charge in [0.1, 0.15) is 0 Å². The van der Waals surface area contributed by atoms with Gasteiger partial charge in [-0.25, -0.2) is 8.78 Å². The zero-order valence-electron chi connectivity index (χ0n) is 17.2. The van der Waals surface area contributed by atoms with Crippen LogP contribution in [0.3, 0.4) is 0 Å². The Labute approximate surface area is 181 Å². The predicted octanol–water partition coefficient (Wildman–Crippen LogP) is 7.17. The highest BCUT2D eigenvalue weighted by atomic mass is 19.4. The average molecular weight is 490 g/mol. The van der Waals surface area contributed by atoms with Gasteiger partial charge in [-0.05, 0) is 25.5 Å². The van der Waals surface area contributed by atoms with Crippen LogP contribution in [0.5, 0.6) is 5.75 Å². The van der Waals surface area contributed by atoms with Gasteiger partial charge in [-0.3, -0.25) is 0 Å². The summed E-state index contributed by atoms with van der Waals surface area (Å²) < 4.78 is 148. The average Bonchev–Trinajstić information content (AvgIpc) is 2.73. The minimum atomic E-state index is -5.52. The molecule has 0 heterocycles.